The van der Waals surface area contributed by atoms with E-state index < -0.39 is 9.75 Å². The van der Waals surface area contributed by atoms with Crippen LogP contribution >= 0.6 is 23.2 Å². The van der Waals surface area contributed by atoms with Gasteiger partial charge in [-0.3, -0.25) is 4.79 Å². The molecule has 3 N–H and O–H groups in total. The Labute approximate surface area is 139 Å². The zero-order chi connectivity index (χ0) is 16.5. The fourth-order valence-electron chi connectivity index (χ4n) is 1.98. The van der Waals surface area contributed by atoms with Crippen molar-refractivity contribution in [1.82, 2.24) is 5.32 Å². The summed E-state index contributed by atoms with van der Waals surface area (Å²) in [6, 6.07) is 6.62. The fourth-order valence-corrected chi connectivity index (χ4v) is 2.69. The van der Waals surface area contributed by atoms with Gasteiger partial charge in [0.2, 0.25) is 5.91 Å². The summed E-state index contributed by atoms with van der Waals surface area (Å²) in [7, 11) is 0. The van der Waals surface area contributed by atoms with E-state index in [9.17, 15) is 9.59 Å². The third kappa shape index (κ3) is 3.65. The van der Waals surface area contributed by atoms with Gasteiger partial charge >= 0.3 is 6.03 Å². The zero-order valence-corrected chi connectivity index (χ0v) is 14.2. The Balaban J connectivity index is 1.93. The van der Waals surface area contributed by atoms with E-state index in [1.54, 1.807) is 31.2 Å². The molecule has 1 aliphatic rings. The van der Waals surface area contributed by atoms with Crippen molar-refractivity contribution < 1.29 is 9.59 Å². The SMILES string of the molecule is CC(C)NC(=O)Nc1ccc(NC(=O)C2(C)CC2(Cl)Cl)cc1. The molecule has 1 aliphatic carbocycles. The quantitative estimate of drug-likeness (QED) is 0.728. The molecule has 0 saturated heterocycles. The second kappa shape index (κ2) is 5.97. The first kappa shape index (κ1) is 16.9. The number of carbonyl (C=O) groups excluding carboxylic acids is 2. The molecule has 0 bridgehead atoms. The van der Waals surface area contributed by atoms with Crippen LogP contribution in [-0.4, -0.2) is 22.3 Å². The average Bonchev–Trinajstić information content (AvgIpc) is 2.91. The number of carbonyl (C=O) groups is 2. The molecular formula is C15H19Cl2N3O2. The Hall–Kier alpha value is -1.46. The zero-order valence-electron chi connectivity index (χ0n) is 12.7. The third-order valence-electron chi connectivity index (χ3n) is 3.58. The average molecular weight is 344 g/mol. The molecule has 3 amide bonds. The van der Waals surface area contributed by atoms with E-state index in [1.165, 1.54) is 0 Å². The number of nitrogens with one attached hydrogen (secondary N) is 3. The highest BCUT2D eigenvalue weighted by Gasteiger charge is 2.67. The summed E-state index contributed by atoms with van der Waals surface area (Å²) in [5.74, 6) is -0.212. The number of alkyl halides is 2. The standard InChI is InChI=1S/C15H19Cl2N3O2/c1-9(2)18-13(22)20-11-6-4-10(5-7-11)19-12(21)14(3)8-15(14,16)17/h4-7,9H,8H2,1-3H3,(H,19,21)(H2,18,20,22). The van der Waals surface area contributed by atoms with Crippen LogP contribution in [0.15, 0.2) is 24.3 Å². The van der Waals surface area contributed by atoms with Crippen molar-refractivity contribution >= 4 is 46.5 Å². The van der Waals surface area contributed by atoms with E-state index in [0.29, 0.717) is 17.8 Å². The lowest BCUT2D eigenvalue weighted by atomic mass is 10.1. The predicted molar refractivity (Wildman–Crippen MR) is 89.5 cm³/mol. The van der Waals surface area contributed by atoms with Crippen molar-refractivity contribution in [3.63, 3.8) is 0 Å². The minimum Gasteiger partial charge on any atom is -0.336 e. The van der Waals surface area contributed by atoms with E-state index in [0.717, 1.165) is 0 Å². The molecule has 1 saturated carbocycles. The predicted octanol–water partition coefficient (Wildman–Crippen LogP) is 3.74. The number of rotatable bonds is 4. The highest BCUT2D eigenvalue weighted by atomic mass is 35.5. The number of amides is 3. The summed E-state index contributed by atoms with van der Waals surface area (Å²) in [6.45, 7) is 5.49. The van der Waals surface area contributed by atoms with Crippen LogP contribution in [0, 0.1) is 5.41 Å². The topological polar surface area (TPSA) is 70.2 Å². The summed E-state index contributed by atoms with van der Waals surface area (Å²) in [5, 5.41) is 8.21. The molecule has 2 rings (SSSR count). The van der Waals surface area contributed by atoms with Gasteiger partial charge in [-0.05, 0) is 51.5 Å². The number of hydrogen-bond donors (Lipinski definition) is 3. The molecule has 0 aliphatic heterocycles. The van der Waals surface area contributed by atoms with Gasteiger partial charge in [-0.15, -0.1) is 23.2 Å². The number of anilines is 2. The molecule has 7 heteroatoms. The lowest BCUT2D eigenvalue weighted by molar-refractivity contribution is -0.120. The number of urea groups is 1. The second-order valence-electron chi connectivity index (χ2n) is 6.00. The van der Waals surface area contributed by atoms with Crippen molar-refractivity contribution in [2.45, 2.75) is 37.6 Å². The van der Waals surface area contributed by atoms with Crippen LogP contribution < -0.4 is 16.0 Å². The molecule has 22 heavy (non-hydrogen) atoms. The molecular weight excluding hydrogens is 325 g/mol. The van der Waals surface area contributed by atoms with Crippen LogP contribution in [0.1, 0.15) is 27.2 Å². The van der Waals surface area contributed by atoms with E-state index in [2.05, 4.69) is 16.0 Å². The monoisotopic (exact) mass is 343 g/mol. The largest absolute Gasteiger partial charge is 0.336 e. The molecule has 0 heterocycles. The summed E-state index contributed by atoms with van der Waals surface area (Å²) in [5.41, 5.74) is 0.499. The summed E-state index contributed by atoms with van der Waals surface area (Å²) >= 11 is 12.0. The molecule has 1 aromatic rings. The maximum atomic E-state index is 12.1. The van der Waals surface area contributed by atoms with Gasteiger partial charge in [0.25, 0.3) is 0 Å². The van der Waals surface area contributed by atoms with Crippen LogP contribution in [0.3, 0.4) is 0 Å². The normalized spacial score (nSPS) is 22.1. The van der Waals surface area contributed by atoms with Crippen molar-refractivity contribution in [2.75, 3.05) is 10.6 Å². The van der Waals surface area contributed by atoms with Crippen LogP contribution in [0.5, 0.6) is 0 Å². The molecule has 0 spiro atoms. The first-order valence-electron chi connectivity index (χ1n) is 7.01. The lowest BCUT2D eigenvalue weighted by Crippen LogP contribution is -2.34. The van der Waals surface area contributed by atoms with Crippen molar-refractivity contribution in [3.05, 3.63) is 24.3 Å². The van der Waals surface area contributed by atoms with Gasteiger partial charge in [0.1, 0.15) is 4.33 Å². The fraction of sp³-hybridized carbons (Fsp3) is 0.467. The van der Waals surface area contributed by atoms with Gasteiger partial charge in [-0.1, -0.05) is 0 Å². The molecule has 0 aromatic heterocycles. The van der Waals surface area contributed by atoms with E-state index in [4.69, 9.17) is 23.2 Å². The van der Waals surface area contributed by atoms with Crippen molar-refractivity contribution in [2.24, 2.45) is 5.41 Å². The van der Waals surface area contributed by atoms with E-state index in [1.807, 2.05) is 13.8 Å². The van der Waals surface area contributed by atoms with E-state index >= 15 is 0 Å². The van der Waals surface area contributed by atoms with Gasteiger partial charge in [-0.25, -0.2) is 4.79 Å². The van der Waals surface area contributed by atoms with Gasteiger partial charge in [0.05, 0.1) is 5.41 Å². The van der Waals surface area contributed by atoms with Crippen LogP contribution in [0.4, 0.5) is 16.2 Å². The second-order valence-corrected chi connectivity index (χ2v) is 7.48. The van der Waals surface area contributed by atoms with E-state index in [-0.39, 0.29) is 18.0 Å². The Morgan fingerprint density at radius 1 is 1.09 bits per heavy atom. The Bertz CT molecular complexity index is 587. The highest BCUT2D eigenvalue weighted by Crippen LogP contribution is 2.64. The van der Waals surface area contributed by atoms with Crippen LogP contribution in [0.25, 0.3) is 0 Å². The van der Waals surface area contributed by atoms with Crippen molar-refractivity contribution in [1.29, 1.82) is 0 Å². The Morgan fingerprint density at radius 2 is 1.55 bits per heavy atom. The van der Waals surface area contributed by atoms with Gasteiger partial charge in [0, 0.05) is 17.4 Å². The first-order valence-corrected chi connectivity index (χ1v) is 7.76. The van der Waals surface area contributed by atoms with Crippen LogP contribution in [0.2, 0.25) is 0 Å². The molecule has 1 unspecified atom stereocenters. The number of hydrogen-bond acceptors (Lipinski definition) is 2. The molecule has 5 nitrogen and oxygen atoms in total. The third-order valence-corrected chi connectivity index (χ3v) is 4.68. The van der Waals surface area contributed by atoms with Gasteiger partial charge in [0.15, 0.2) is 0 Å². The summed E-state index contributed by atoms with van der Waals surface area (Å²) < 4.78 is -0.993. The lowest BCUT2D eigenvalue weighted by Gasteiger charge is -2.13. The molecule has 1 aromatic carbocycles. The number of halogens is 2. The Morgan fingerprint density at radius 3 is 1.95 bits per heavy atom. The molecule has 1 fully saturated rings. The van der Waals surface area contributed by atoms with Gasteiger partial charge < -0.3 is 16.0 Å². The maximum absolute atomic E-state index is 12.1. The summed E-state index contributed by atoms with van der Waals surface area (Å²) in [6.07, 6.45) is 0.434. The van der Waals surface area contributed by atoms with Crippen LogP contribution in [-0.2, 0) is 4.79 Å². The molecule has 1 atom stereocenters. The maximum Gasteiger partial charge on any atom is 0.319 e. The Kier molecular flexibility index (Phi) is 4.59. The highest BCUT2D eigenvalue weighted by molar-refractivity contribution is 6.53. The van der Waals surface area contributed by atoms with Gasteiger partial charge in [-0.2, -0.15) is 0 Å². The molecule has 0 radical (unpaired) electrons. The van der Waals surface area contributed by atoms with Crippen molar-refractivity contribution in [3.8, 4) is 0 Å². The summed E-state index contributed by atoms with van der Waals surface area (Å²) in [4.78, 5) is 23.7. The minimum atomic E-state index is -0.993. The smallest absolute Gasteiger partial charge is 0.319 e. The minimum absolute atomic E-state index is 0.0595. The molecule has 120 valence electrons. The number of benzene rings is 1. The first-order chi connectivity index (χ1) is 10.1.